The van der Waals surface area contributed by atoms with Gasteiger partial charge in [0.05, 0.1) is 5.56 Å². The maximum Gasteiger partial charge on any atom is 0.256 e. The fraction of sp³-hybridized carbons (Fsp3) is 0.407. The lowest BCUT2D eigenvalue weighted by molar-refractivity contribution is 0.0793. The first-order valence-corrected chi connectivity index (χ1v) is 12.1. The normalized spacial score (nSPS) is 16.4. The summed E-state index contributed by atoms with van der Waals surface area (Å²) in [5.74, 6) is 0.0805. The lowest BCUT2D eigenvalue weighted by atomic mass is 10.1. The summed E-state index contributed by atoms with van der Waals surface area (Å²) in [6, 6.07) is 14.1. The number of fused-ring (bicyclic) bond motifs is 1. The van der Waals surface area contributed by atoms with Gasteiger partial charge in [-0.1, -0.05) is 11.6 Å². The van der Waals surface area contributed by atoms with E-state index in [9.17, 15) is 9.59 Å². The number of piperidine rings is 1. The average molecular weight is 445 g/mol. The molecule has 3 aromatic rings. The molecule has 2 N–H and O–H groups in total. The van der Waals surface area contributed by atoms with Crippen molar-refractivity contribution in [2.45, 2.75) is 45.6 Å². The largest absolute Gasteiger partial charge is 0.380 e. The van der Waals surface area contributed by atoms with Crippen LogP contribution in [-0.2, 0) is 6.54 Å². The van der Waals surface area contributed by atoms with Gasteiger partial charge in [-0.2, -0.15) is 0 Å². The molecule has 2 aliphatic heterocycles. The zero-order valence-electron chi connectivity index (χ0n) is 19.3. The first-order valence-electron chi connectivity index (χ1n) is 12.1. The van der Waals surface area contributed by atoms with Crippen LogP contribution in [0.1, 0.15) is 53.6 Å². The Bertz CT molecular complexity index is 1220. The zero-order valence-corrected chi connectivity index (χ0v) is 19.3. The number of nitrogens with zero attached hydrogens (tertiary/aromatic N) is 2. The second kappa shape index (κ2) is 9.30. The van der Waals surface area contributed by atoms with Gasteiger partial charge in [0.2, 0.25) is 0 Å². The second-order valence-corrected chi connectivity index (χ2v) is 9.34. The van der Waals surface area contributed by atoms with Crippen LogP contribution in [0.5, 0.6) is 0 Å². The fourth-order valence-corrected chi connectivity index (χ4v) is 5.00. The van der Waals surface area contributed by atoms with Crippen LogP contribution in [-0.4, -0.2) is 42.0 Å². The van der Waals surface area contributed by atoms with E-state index in [0.29, 0.717) is 17.7 Å². The quantitative estimate of drug-likeness (QED) is 0.600. The lowest BCUT2D eigenvalue weighted by Crippen LogP contribution is -2.31. The Morgan fingerprint density at radius 3 is 2.48 bits per heavy atom. The molecule has 0 bridgehead atoms. The molecule has 1 amide bonds. The number of likely N-dealkylation sites (tertiary alicyclic amines) is 1. The highest BCUT2D eigenvalue weighted by Crippen LogP contribution is 2.28. The molecule has 5 rings (SSSR count). The number of nitrogens with one attached hydrogen (secondary N) is 2. The van der Waals surface area contributed by atoms with E-state index in [1.807, 2.05) is 42.2 Å². The van der Waals surface area contributed by atoms with Gasteiger partial charge < -0.3 is 20.1 Å². The number of aromatic nitrogens is 1. The van der Waals surface area contributed by atoms with E-state index in [1.54, 1.807) is 0 Å². The standard InChI is InChI=1S/C27H32N4O2/c1-19-7-9-24-20(15-19)16-21(26(32)29-24)18-28-25-10-8-22(30-11-3-2-4-12-30)17-23(25)27(33)31-13-5-6-14-31/h7-10,15-17,28H,2-6,11-14,18H2,1H3,(H,29,32). The molecule has 3 heterocycles. The summed E-state index contributed by atoms with van der Waals surface area (Å²) in [6.07, 6.45) is 5.78. The summed E-state index contributed by atoms with van der Waals surface area (Å²) in [7, 11) is 0. The predicted octanol–water partition coefficient (Wildman–Crippen LogP) is 4.67. The highest BCUT2D eigenvalue weighted by molar-refractivity contribution is 6.00. The highest BCUT2D eigenvalue weighted by Gasteiger charge is 2.23. The number of anilines is 2. The molecule has 0 radical (unpaired) electrons. The van der Waals surface area contributed by atoms with E-state index in [2.05, 4.69) is 27.3 Å². The molecule has 1 aromatic heterocycles. The smallest absolute Gasteiger partial charge is 0.256 e. The molecular weight excluding hydrogens is 412 g/mol. The van der Waals surface area contributed by atoms with Crippen molar-refractivity contribution in [2.75, 3.05) is 36.4 Å². The Morgan fingerprint density at radius 2 is 1.70 bits per heavy atom. The third kappa shape index (κ3) is 4.61. The number of hydrogen-bond acceptors (Lipinski definition) is 4. The number of rotatable bonds is 5. The minimum atomic E-state index is -0.101. The third-order valence-electron chi connectivity index (χ3n) is 6.89. The number of aromatic amines is 1. The Morgan fingerprint density at radius 1 is 0.939 bits per heavy atom. The lowest BCUT2D eigenvalue weighted by Gasteiger charge is -2.30. The third-order valence-corrected chi connectivity index (χ3v) is 6.89. The van der Waals surface area contributed by atoms with Crippen LogP contribution >= 0.6 is 0 Å². The number of hydrogen-bond donors (Lipinski definition) is 2. The van der Waals surface area contributed by atoms with Gasteiger partial charge in [0.15, 0.2) is 0 Å². The second-order valence-electron chi connectivity index (χ2n) is 9.34. The molecular formula is C27H32N4O2. The molecule has 0 saturated carbocycles. The molecule has 0 aliphatic carbocycles. The molecule has 6 nitrogen and oxygen atoms in total. The van der Waals surface area contributed by atoms with Crippen molar-refractivity contribution < 1.29 is 4.79 Å². The van der Waals surface area contributed by atoms with Gasteiger partial charge in [0, 0.05) is 55.2 Å². The van der Waals surface area contributed by atoms with Crippen molar-refractivity contribution in [3.63, 3.8) is 0 Å². The molecule has 172 valence electrons. The summed E-state index contributed by atoms with van der Waals surface area (Å²) >= 11 is 0. The Hall–Kier alpha value is -3.28. The number of pyridine rings is 1. The zero-order chi connectivity index (χ0) is 22.8. The maximum atomic E-state index is 13.4. The molecule has 2 aromatic carbocycles. The van der Waals surface area contributed by atoms with Crippen molar-refractivity contribution in [1.29, 1.82) is 0 Å². The first kappa shape index (κ1) is 21.6. The number of amides is 1. The summed E-state index contributed by atoms with van der Waals surface area (Å²) in [4.78, 5) is 33.4. The van der Waals surface area contributed by atoms with Crippen LogP contribution < -0.4 is 15.8 Å². The van der Waals surface area contributed by atoms with E-state index < -0.39 is 0 Å². The van der Waals surface area contributed by atoms with Gasteiger partial charge in [-0.05, 0) is 80.8 Å². The van der Waals surface area contributed by atoms with Crippen molar-refractivity contribution in [3.05, 3.63) is 69.5 Å². The topological polar surface area (TPSA) is 68.4 Å². The number of benzene rings is 2. The van der Waals surface area contributed by atoms with Crippen molar-refractivity contribution in [3.8, 4) is 0 Å². The summed E-state index contributed by atoms with van der Waals surface area (Å²) in [5, 5.41) is 4.41. The van der Waals surface area contributed by atoms with E-state index in [4.69, 9.17) is 0 Å². The van der Waals surface area contributed by atoms with Crippen LogP contribution in [0.15, 0.2) is 47.3 Å². The average Bonchev–Trinajstić information content (AvgIpc) is 3.38. The highest BCUT2D eigenvalue weighted by atomic mass is 16.2. The minimum Gasteiger partial charge on any atom is -0.380 e. The van der Waals surface area contributed by atoms with Crippen LogP contribution in [0.4, 0.5) is 11.4 Å². The number of carbonyl (C=O) groups excluding carboxylic acids is 1. The van der Waals surface area contributed by atoms with Gasteiger partial charge in [-0.15, -0.1) is 0 Å². The number of carbonyl (C=O) groups is 1. The Kier molecular flexibility index (Phi) is 6.07. The van der Waals surface area contributed by atoms with Crippen LogP contribution in [0.25, 0.3) is 10.9 Å². The first-order chi connectivity index (χ1) is 16.1. The van der Waals surface area contributed by atoms with E-state index >= 15 is 0 Å². The molecule has 0 atom stereocenters. The van der Waals surface area contributed by atoms with Gasteiger partial charge in [0.1, 0.15) is 0 Å². The van der Waals surface area contributed by atoms with Crippen LogP contribution in [0.2, 0.25) is 0 Å². The maximum absolute atomic E-state index is 13.4. The van der Waals surface area contributed by atoms with E-state index in [0.717, 1.165) is 66.9 Å². The van der Waals surface area contributed by atoms with E-state index in [-0.39, 0.29) is 11.5 Å². The summed E-state index contributed by atoms with van der Waals surface area (Å²) in [5.41, 5.74) is 5.15. The molecule has 0 unspecified atom stereocenters. The van der Waals surface area contributed by atoms with Gasteiger partial charge in [-0.3, -0.25) is 9.59 Å². The Labute approximate surface area is 194 Å². The summed E-state index contributed by atoms with van der Waals surface area (Å²) in [6.45, 7) is 6.11. The predicted molar refractivity (Wildman–Crippen MR) is 134 cm³/mol. The number of H-pyrrole nitrogens is 1. The monoisotopic (exact) mass is 444 g/mol. The van der Waals surface area contributed by atoms with E-state index in [1.165, 1.54) is 19.3 Å². The molecule has 2 aliphatic rings. The van der Waals surface area contributed by atoms with Crippen molar-refractivity contribution >= 4 is 28.2 Å². The van der Waals surface area contributed by atoms with Gasteiger partial charge in [0.25, 0.3) is 11.5 Å². The summed E-state index contributed by atoms with van der Waals surface area (Å²) < 4.78 is 0. The molecule has 0 spiro atoms. The van der Waals surface area contributed by atoms with Gasteiger partial charge >= 0.3 is 0 Å². The SMILES string of the molecule is Cc1ccc2[nH]c(=O)c(CNc3ccc(N4CCCCC4)cc3C(=O)N3CCCC3)cc2c1. The minimum absolute atomic E-state index is 0.0805. The molecule has 2 fully saturated rings. The molecule has 6 heteroatoms. The van der Waals surface area contributed by atoms with Crippen molar-refractivity contribution in [1.82, 2.24) is 9.88 Å². The fourth-order valence-electron chi connectivity index (χ4n) is 5.00. The van der Waals surface area contributed by atoms with Gasteiger partial charge in [-0.25, -0.2) is 0 Å². The van der Waals surface area contributed by atoms with Crippen molar-refractivity contribution in [2.24, 2.45) is 0 Å². The Balaban J connectivity index is 1.44. The van der Waals surface area contributed by atoms with Crippen LogP contribution in [0, 0.1) is 6.92 Å². The number of aryl methyl sites for hydroxylation is 1. The molecule has 33 heavy (non-hydrogen) atoms. The van der Waals surface area contributed by atoms with Crippen LogP contribution in [0.3, 0.4) is 0 Å². The molecule has 2 saturated heterocycles.